The van der Waals surface area contributed by atoms with Gasteiger partial charge in [-0.05, 0) is 79.4 Å². The summed E-state index contributed by atoms with van der Waals surface area (Å²) in [5.41, 5.74) is 2.89. The Hall–Kier alpha value is -4.33. The highest BCUT2D eigenvalue weighted by Crippen LogP contribution is 2.43. The lowest BCUT2D eigenvalue weighted by molar-refractivity contribution is -0.140. The quantitative estimate of drug-likeness (QED) is 0.231. The molecule has 39 heavy (non-hydrogen) atoms. The minimum Gasteiger partial charge on any atom is -0.507 e. The van der Waals surface area contributed by atoms with Gasteiger partial charge in [0.2, 0.25) is 0 Å². The molecule has 8 heteroatoms. The van der Waals surface area contributed by atoms with Gasteiger partial charge in [-0.3, -0.25) is 14.6 Å². The first kappa shape index (κ1) is 26.3. The molecule has 1 saturated heterocycles. The monoisotopic (exact) mass is 528 g/mol. The Morgan fingerprint density at radius 3 is 2.59 bits per heavy atom. The Morgan fingerprint density at radius 2 is 1.85 bits per heavy atom. The van der Waals surface area contributed by atoms with Crippen LogP contribution in [0.1, 0.15) is 55.5 Å². The van der Waals surface area contributed by atoms with Crippen molar-refractivity contribution in [3.63, 3.8) is 0 Å². The van der Waals surface area contributed by atoms with Crippen LogP contribution in [0.2, 0.25) is 0 Å². The molecule has 0 radical (unpaired) electrons. The van der Waals surface area contributed by atoms with E-state index in [-0.39, 0.29) is 24.0 Å². The van der Waals surface area contributed by atoms with Crippen LogP contribution >= 0.6 is 0 Å². The number of rotatable bonds is 9. The molecule has 0 unspecified atom stereocenters. The molecule has 3 heterocycles. The summed E-state index contributed by atoms with van der Waals surface area (Å²) in [5, 5.41) is 11.5. The molecule has 1 amide bonds. The lowest BCUT2D eigenvalue weighted by Gasteiger charge is -2.26. The number of hydrogen-bond donors (Lipinski definition) is 1. The van der Waals surface area contributed by atoms with Crippen molar-refractivity contribution in [1.82, 2.24) is 9.88 Å². The highest BCUT2D eigenvalue weighted by Gasteiger charge is 2.46. The van der Waals surface area contributed by atoms with Gasteiger partial charge in [0.05, 0.1) is 24.8 Å². The molecule has 8 nitrogen and oxygen atoms in total. The summed E-state index contributed by atoms with van der Waals surface area (Å²) in [6.45, 7) is 6.99. The zero-order chi connectivity index (χ0) is 27.5. The van der Waals surface area contributed by atoms with Gasteiger partial charge in [-0.25, -0.2) is 0 Å². The predicted octanol–water partition coefficient (Wildman–Crippen LogP) is 5.21. The number of ketones is 1. The SMILES string of the molecule is CCCOc1ccc([C@H]2/C(=C(\O)c3ccc4c(c3)C[C@H](C)O4)C(=O)C(=O)N2Cc2ccncc2)cc1OCC. The van der Waals surface area contributed by atoms with Crippen molar-refractivity contribution in [2.24, 2.45) is 0 Å². The van der Waals surface area contributed by atoms with E-state index >= 15 is 0 Å². The second-order valence-corrected chi connectivity index (χ2v) is 9.73. The van der Waals surface area contributed by atoms with Gasteiger partial charge in [-0.15, -0.1) is 0 Å². The predicted molar refractivity (Wildman–Crippen MR) is 146 cm³/mol. The lowest BCUT2D eigenvalue weighted by atomic mass is 9.94. The first-order valence-corrected chi connectivity index (χ1v) is 13.3. The van der Waals surface area contributed by atoms with Gasteiger partial charge >= 0.3 is 0 Å². The van der Waals surface area contributed by atoms with E-state index in [1.807, 2.05) is 32.9 Å². The molecule has 0 spiro atoms. The third-order valence-corrected chi connectivity index (χ3v) is 6.86. The van der Waals surface area contributed by atoms with E-state index in [9.17, 15) is 14.7 Å². The average molecular weight is 529 g/mol. The Morgan fingerprint density at radius 1 is 1.05 bits per heavy atom. The summed E-state index contributed by atoms with van der Waals surface area (Å²) in [7, 11) is 0. The molecule has 1 N–H and O–H groups in total. The minimum absolute atomic E-state index is 0.0330. The maximum atomic E-state index is 13.5. The van der Waals surface area contributed by atoms with Gasteiger partial charge in [-0.2, -0.15) is 0 Å². The zero-order valence-electron chi connectivity index (χ0n) is 22.3. The Bertz CT molecular complexity index is 1420. The molecule has 2 atom stereocenters. The fourth-order valence-electron chi connectivity index (χ4n) is 5.09. The van der Waals surface area contributed by atoms with Crippen molar-refractivity contribution in [3.8, 4) is 17.2 Å². The van der Waals surface area contributed by atoms with E-state index in [0.29, 0.717) is 42.3 Å². The molecule has 0 bridgehead atoms. The normalized spacial score (nSPS) is 19.6. The molecule has 2 aliphatic rings. The molecule has 2 aliphatic heterocycles. The number of fused-ring (bicyclic) bond motifs is 1. The van der Waals surface area contributed by atoms with Crippen LogP contribution in [0.5, 0.6) is 17.2 Å². The highest BCUT2D eigenvalue weighted by atomic mass is 16.5. The number of aliphatic hydroxyl groups is 1. The fourth-order valence-corrected chi connectivity index (χ4v) is 5.09. The molecule has 3 aromatic rings. The van der Waals surface area contributed by atoms with Gasteiger partial charge in [0, 0.05) is 30.9 Å². The Balaban J connectivity index is 1.63. The number of carbonyl (C=O) groups excluding carboxylic acids is 2. The number of likely N-dealkylation sites (tertiary alicyclic amines) is 1. The van der Waals surface area contributed by atoms with Crippen LogP contribution in [0.3, 0.4) is 0 Å². The van der Waals surface area contributed by atoms with Gasteiger partial charge < -0.3 is 24.2 Å². The Kier molecular flexibility index (Phi) is 7.54. The first-order chi connectivity index (χ1) is 18.9. The summed E-state index contributed by atoms with van der Waals surface area (Å²) in [6, 6.07) is 13.5. The van der Waals surface area contributed by atoms with E-state index in [4.69, 9.17) is 14.2 Å². The number of ether oxygens (including phenoxy) is 3. The van der Waals surface area contributed by atoms with E-state index < -0.39 is 17.7 Å². The third kappa shape index (κ3) is 5.19. The smallest absolute Gasteiger partial charge is 0.295 e. The van der Waals surface area contributed by atoms with Crippen LogP contribution in [-0.4, -0.2) is 46.0 Å². The van der Waals surface area contributed by atoms with Crippen molar-refractivity contribution >= 4 is 17.4 Å². The van der Waals surface area contributed by atoms with E-state index in [1.165, 1.54) is 4.90 Å². The second kappa shape index (κ2) is 11.2. The number of nitrogens with zero attached hydrogens (tertiary/aromatic N) is 2. The van der Waals surface area contributed by atoms with Crippen LogP contribution in [0.25, 0.3) is 5.76 Å². The summed E-state index contributed by atoms with van der Waals surface area (Å²) < 4.78 is 17.5. The van der Waals surface area contributed by atoms with Crippen LogP contribution in [0, 0.1) is 0 Å². The average Bonchev–Trinajstić information content (AvgIpc) is 3.43. The van der Waals surface area contributed by atoms with Crippen LogP contribution in [0.15, 0.2) is 66.5 Å². The van der Waals surface area contributed by atoms with Crippen molar-refractivity contribution in [3.05, 3.63) is 88.8 Å². The van der Waals surface area contributed by atoms with Gasteiger partial charge in [0.25, 0.3) is 11.7 Å². The summed E-state index contributed by atoms with van der Waals surface area (Å²) in [4.78, 5) is 32.5. The maximum Gasteiger partial charge on any atom is 0.295 e. The number of benzene rings is 2. The molecule has 1 fully saturated rings. The molecule has 1 aromatic heterocycles. The van der Waals surface area contributed by atoms with Gasteiger partial charge in [0.1, 0.15) is 17.6 Å². The van der Waals surface area contributed by atoms with Crippen LogP contribution in [-0.2, 0) is 22.6 Å². The molecule has 0 aliphatic carbocycles. The molecule has 5 rings (SSSR count). The number of Topliss-reactive ketones (excluding diaryl/α,β-unsaturated/α-hetero) is 1. The van der Waals surface area contributed by atoms with E-state index in [0.717, 1.165) is 23.3 Å². The van der Waals surface area contributed by atoms with E-state index in [2.05, 4.69) is 4.98 Å². The highest BCUT2D eigenvalue weighted by molar-refractivity contribution is 6.46. The largest absolute Gasteiger partial charge is 0.507 e. The number of carbonyl (C=O) groups is 2. The number of aromatic nitrogens is 1. The maximum absolute atomic E-state index is 13.5. The zero-order valence-corrected chi connectivity index (χ0v) is 22.3. The van der Waals surface area contributed by atoms with Gasteiger partial charge in [0.15, 0.2) is 11.5 Å². The summed E-state index contributed by atoms with van der Waals surface area (Å²) in [5.74, 6) is 0.226. The molecular weight excluding hydrogens is 496 g/mol. The van der Waals surface area contributed by atoms with Crippen molar-refractivity contribution in [1.29, 1.82) is 0 Å². The second-order valence-electron chi connectivity index (χ2n) is 9.73. The van der Waals surface area contributed by atoms with Gasteiger partial charge in [-0.1, -0.05) is 13.0 Å². The standard InChI is InChI=1S/C31H32N2O6/c1-4-14-38-25-9-6-21(17-26(25)37-5-2)28-27(29(34)22-7-8-24-23(16-22)15-19(3)39-24)30(35)31(36)33(28)18-20-10-12-32-13-11-20/h6-13,16-17,19,28,34H,4-5,14-15,18H2,1-3H3/b29-27+/t19-,28-/m0/s1. The Labute approximate surface area is 227 Å². The molecule has 2 aromatic carbocycles. The van der Waals surface area contributed by atoms with Crippen LogP contribution < -0.4 is 14.2 Å². The van der Waals surface area contributed by atoms with Crippen molar-refractivity contribution in [2.75, 3.05) is 13.2 Å². The minimum atomic E-state index is -0.832. The number of hydrogen-bond acceptors (Lipinski definition) is 7. The molecule has 0 saturated carbocycles. The van der Waals surface area contributed by atoms with Crippen molar-refractivity contribution in [2.45, 2.75) is 52.3 Å². The van der Waals surface area contributed by atoms with Crippen LogP contribution in [0.4, 0.5) is 0 Å². The molecule has 202 valence electrons. The fraction of sp³-hybridized carbons (Fsp3) is 0.323. The summed E-state index contributed by atoms with van der Waals surface area (Å²) in [6.07, 6.45) is 4.86. The lowest BCUT2D eigenvalue weighted by Crippen LogP contribution is -2.29. The number of pyridine rings is 1. The summed E-state index contributed by atoms with van der Waals surface area (Å²) >= 11 is 0. The molecular formula is C31H32N2O6. The first-order valence-electron chi connectivity index (χ1n) is 13.3. The number of aliphatic hydroxyl groups excluding tert-OH is 1. The van der Waals surface area contributed by atoms with E-state index in [1.54, 1.807) is 48.8 Å². The van der Waals surface area contributed by atoms with Crippen molar-refractivity contribution < 1.29 is 28.9 Å². The number of amides is 1. The topological polar surface area (TPSA) is 98.2 Å². The third-order valence-electron chi connectivity index (χ3n) is 6.86.